The SMILES string of the molecule is COCCc1ccc(N2CC[C@]3(CC[C@@](O)(CC(C)C)CC3)C2)cc1. The summed E-state index contributed by atoms with van der Waals surface area (Å²) in [5.74, 6) is 0.579. The molecule has 1 aromatic carbocycles. The number of anilines is 1. The van der Waals surface area contributed by atoms with E-state index in [-0.39, 0.29) is 0 Å². The molecule has 1 spiro atoms. The maximum absolute atomic E-state index is 10.8. The molecule has 2 aliphatic rings. The van der Waals surface area contributed by atoms with Gasteiger partial charge in [-0.15, -0.1) is 0 Å². The first-order chi connectivity index (χ1) is 11.9. The van der Waals surface area contributed by atoms with E-state index in [4.69, 9.17) is 4.74 Å². The number of benzene rings is 1. The molecule has 1 heterocycles. The second-order valence-corrected chi connectivity index (χ2v) is 8.90. The van der Waals surface area contributed by atoms with Gasteiger partial charge in [0, 0.05) is 25.9 Å². The van der Waals surface area contributed by atoms with Gasteiger partial charge in [0.25, 0.3) is 0 Å². The quantitative estimate of drug-likeness (QED) is 0.828. The van der Waals surface area contributed by atoms with E-state index < -0.39 is 5.60 Å². The molecule has 0 bridgehead atoms. The summed E-state index contributed by atoms with van der Waals surface area (Å²) in [6.07, 6.45) is 7.53. The van der Waals surface area contributed by atoms with Crippen LogP contribution in [0.15, 0.2) is 24.3 Å². The summed E-state index contributed by atoms with van der Waals surface area (Å²) in [6.45, 7) is 7.53. The number of nitrogens with zero attached hydrogens (tertiary/aromatic N) is 1. The second kappa shape index (κ2) is 7.67. The Hall–Kier alpha value is -1.06. The van der Waals surface area contributed by atoms with Crippen molar-refractivity contribution in [3.63, 3.8) is 0 Å². The third-order valence-corrected chi connectivity index (χ3v) is 6.36. The molecule has 3 rings (SSSR count). The Bertz CT molecular complexity index is 544. The van der Waals surface area contributed by atoms with E-state index in [9.17, 15) is 5.11 Å². The summed E-state index contributed by atoms with van der Waals surface area (Å²) in [5, 5.41) is 10.8. The molecule has 3 heteroatoms. The molecule has 1 saturated heterocycles. The van der Waals surface area contributed by atoms with Crippen LogP contribution in [-0.2, 0) is 11.2 Å². The molecule has 2 fully saturated rings. The predicted octanol–water partition coefficient (Wildman–Crippen LogP) is 4.42. The van der Waals surface area contributed by atoms with Crippen LogP contribution >= 0.6 is 0 Å². The van der Waals surface area contributed by atoms with Crippen molar-refractivity contribution in [3.05, 3.63) is 29.8 Å². The predicted molar refractivity (Wildman–Crippen MR) is 104 cm³/mol. The molecule has 0 unspecified atom stereocenters. The van der Waals surface area contributed by atoms with Crippen LogP contribution in [0.25, 0.3) is 0 Å². The lowest BCUT2D eigenvalue weighted by Crippen LogP contribution is -2.41. The Morgan fingerprint density at radius 2 is 1.76 bits per heavy atom. The van der Waals surface area contributed by atoms with Gasteiger partial charge >= 0.3 is 0 Å². The molecular formula is C22H35NO2. The van der Waals surface area contributed by atoms with Crippen LogP contribution in [0.5, 0.6) is 0 Å². The van der Waals surface area contributed by atoms with Crippen molar-refractivity contribution in [1.82, 2.24) is 0 Å². The highest BCUT2D eigenvalue weighted by atomic mass is 16.5. The number of hydrogen-bond donors (Lipinski definition) is 1. The zero-order valence-corrected chi connectivity index (χ0v) is 16.3. The van der Waals surface area contributed by atoms with Crippen LogP contribution in [0.3, 0.4) is 0 Å². The molecule has 1 aromatic rings. The van der Waals surface area contributed by atoms with E-state index in [1.807, 2.05) is 0 Å². The van der Waals surface area contributed by atoms with Crippen LogP contribution in [0, 0.1) is 11.3 Å². The lowest BCUT2D eigenvalue weighted by atomic mass is 9.66. The Labute approximate surface area is 153 Å². The van der Waals surface area contributed by atoms with Crippen LogP contribution in [0.2, 0.25) is 0 Å². The molecule has 0 aromatic heterocycles. The molecule has 3 nitrogen and oxygen atoms in total. The average molecular weight is 346 g/mol. The van der Waals surface area contributed by atoms with Gasteiger partial charge in [-0.1, -0.05) is 26.0 Å². The first kappa shape index (κ1) is 18.7. The zero-order valence-electron chi connectivity index (χ0n) is 16.3. The summed E-state index contributed by atoms with van der Waals surface area (Å²) >= 11 is 0. The number of rotatable bonds is 6. The van der Waals surface area contributed by atoms with Gasteiger partial charge in [-0.25, -0.2) is 0 Å². The smallest absolute Gasteiger partial charge is 0.0650 e. The molecule has 0 atom stereocenters. The third kappa shape index (κ3) is 4.57. The minimum Gasteiger partial charge on any atom is -0.390 e. The molecular weight excluding hydrogens is 310 g/mol. The lowest BCUT2D eigenvalue weighted by Gasteiger charge is -2.43. The van der Waals surface area contributed by atoms with E-state index in [1.54, 1.807) is 7.11 Å². The lowest BCUT2D eigenvalue weighted by molar-refractivity contribution is -0.0434. The summed E-state index contributed by atoms with van der Waals surface area (Å²) < 4.78 is 5.16. The third-order valence-electron chi connectivity index (χ3n) is 6.36. The van der Waals surface area contributed by atoms with Gasteiger partial charge in [0.1, 0.15) is 0 Å². The molecule has 1 saturated carbocycles. The highest BCUT2D eigenvalue weighted by molar-refractivity contribution is 5.49. The first-order valence-corrected chi connectivity index (χ1v) is 9.99. The molecule has 1 N–H and O–H groups in total. The van der Waals surface area contributed by atoms with Gasteiger partial charge in [-0.3, -0.25) is 0 Å². The van der Waals surface area contributed by atoms with Crippen molar-refractivity contribution in [1.29, 1.82) is 0 Å². The van der Waals surface area contributed by atoms with E-state index in [0.29, 0.717) is 11.3 Å². The summed E-state index contributed by atoms with van der Waals surface area (Å²) in [7, 11) is 1.75. The van der Waals surface area contributed by atoms with Gasteiger partial charge in [-0.05, 0) is 74.0 Å². The topological polar surface area (TPSA) is 32.7 Å². The van der Waals surface area contributed by atoms with E-state index in [2.05, 4.69) is 43.0 Å². The van der Waals surface area contributed by atoms with E-state index in [1.165, 1.54) is 30.5 Å². The van der Waals surface area contributed by atoms with Gasteiger partial charge in [0.05, 0.1) is 12.2 Å². The van der Waals surface area contributed by atoms with Gasteiger partial charge < -0.3 is 14.7 Å². The molecule has 0 radical (unpaired) electrons. The molecule has 140 valence electrons. The Morgan fingerprint density at radius 3 is 2.36 bits per heavy atom. The second-order valence-electron chi connectivity index (χ2n) is 8.90. The van der Waals surface area contributed by atoms with Crippen molar-refractivity contribution in [2.75, 3.05) is 31.7 Å². The number of hydrogen-bond acceptors (Lipinski definition) is 3. The fourth-order valence-corrected chi connectivity index (χ4v) is 4.87. The monoisotopic (exact) mass is 345 g/mol. The van der Waals surface area contributed by atoms with Crippen LogP contribution in [0.1, 0.15) is 57.9 Å². The summed E-state index contributed by atoms with van der Waals surface area (Å²) in [6, 6.07) is 9.01. The molecule has 0 amide bonds. The normalized spacial score (nSPS) is 29.7. The highest BCUT2D eigenvalue weighted by Crippen LogP contribution is 2.49. The maximum Gasteiger partial charge on any atom is 0.0650 e. The standard InChI is InChI=1S/C22H35NO2/c1-18(2)16-22(24)11-9-21(10-12-22)13-14-23(17-21)20-6-4-19(5-7-20)8-15-25-3/h4-7,18,24H,8-17H2,1-3H3/t21-,22+. The van der Waals surface area contributed by atoms with Gasteiger partial charge in [-0.2, -0.15) is 0 Å². The van der Waals surface area contributed by atoms with E-state index in [0.717, 1.165) is 45.4 Å². The largest absolute Gasteiger partial charge is 0.390 e. The van der Waals surface area contributed by atoms with Crippen molar-refractivity contribution in [2.24, 2.45) is 11.3 Å². The molecule has 1 aliphatic heterocycles. The Kier molecular flexibility index (Phi) is 5.75. The molecule has 25 heavy (non-hydrogen) atoms. The Balaban J connectivity index is 1.57. The fourth-order valence-electron chi connectivity index (χ4n) is 4.87. The number of methoxy groups -OCH3 is 1. The summed E-state index contributed by atoms with van der Waals surface area (Å²) in [5.41, 5.74) is 2.71. The van der Waals surface area contributed by atoms with Crippen LogP contribution < -0.4 is 4.90 Å². The Morgan fingerprint density at radius 1 is 1.08 bits per heavy atom. The first-order valence-electron chi connectivity index (χ1n) is 9.99. The van der Waals surface area contributed by atoms with Crippen LogP contribution in [-0.4, -0.2) is 37.5 Å². The maximum atomic E-state index is 10.8. The number of ether oxygens (including phenoxy) is 1. The van der Waals surface area contributed by atoms with Crippen molar-refractivity contribution in [3.8, 4) is 0 Å². The minimum absolute atomic E-state index is 0.407. The van der Waals surface area contributed by atoms with Crippen molar-refractivity contribution < 1.29 is 9.84 Å². The number of aliphatic hydroxyl groups is 1. The summed E-state index contributed by atoms with van der Waals surface area (Å²) in [4.78, 5) is 2.55. The average Bonchev–Trinajstić information content (AvgIpc) is 3.00. The minimum atomic E-state index is -0.407. The zero-order chi connectivity index (χ0) is 17.9. The van der Waals surface area contributed by atoms with Gasteiger partial charge in [0.2, 0.25) is 0 Å². The van der Waals surface area contributed by atoms with Crippen LogP contribution in [0.4, 0.5) is 5.69 Å². The molecule has 1 aliphatic carbocycles. The highest BCUT2D eigenvalue weighted by Gasteiger charge is 2.45. The van der Waals surface area contributed by atoms with Gasteiger partial charge in [0.15, 0.2) is 0 Å². The van der Waals surface area contributed by atoms with Crippen molar-refractivity contribution in [2.45, 2.75) is 64.4 Å². The fraction of sp³-hybridized carbons (Fsp3) is 0.727. The van der Waals surface area contributed by atoms with Crippen molar-refractivity contribution >= 4 is 5.69 Å². The van der Waals surface area contributed by atoms with E-state index >= 15 is 0 Å².